The van der Waals surface area contributed by atoms with Crippen LogP contribution in [0.2, 0.25) is 0 Å². The summed E-state index contributed by atoms with van der Waals surface area (Å²) >= 11 is 0. The van der Waals surface area contributed by atoms with Gasteiger partial charge in [0.25, 0.3) is 11.6 Å². The molecule has 33 heavy (non-hydrogen) atoms. The van der Waals surface area contributed by atoms with E-state index in [2.05, 4.69) is 25.4 Å². The van der Waals surface area contributed by atoms with Gasteiger partial charge in [0, 0.05) is 6.20 Å². The number of hydrogen-bond donors (Lipinski definition) is 2. The quantitative estimate of drug-likeness (QED) is 0.403. The van der Waals surface area contributed by atoms with E-state index in [1.807, 2.05) is 30.3 Å². The molecular formula is C23H16F3N5O2. The lowest BCUT2D eigenvalue weighted by atomic mass is 9.98. The zero-order valence-electron chi connectivity index (χ0n) is 17.1. The summed E-state index contributed by atoms with van der Waals surface area (Å²) in [6, 6.07) is 14.8. The van der Waals surface area contributed by atoms with Crippen LogP contribution in [0.25, 0.3) is 22.1 Å². The first-order valence-electron chi connectivity index (χ1n) is 9.94. The molecule has 0 bridgehead atoms. The molecule has 0 saturated heterocycles. The van der Waals surface area contributed by atoms with Crippen LogP contribution < -0.4 is 5.32 Å². The van der Waals surface area contributed by atoms with Crippen molar-refractivity contribution in [1.29, 1.82) is 0 Å². The van der Waals surface area contributed by atoms with E-state index in [0.717, 1.165) is 5.56 Å². The number of carbonyl (C=O) groups excluding carboxylic acids is 1. The second-order valence-corrected chi connectivity index (χ2v) is 7.52. The number of aryl methyl sites for hydroxylation is 1. The molecule has 0 radical (unpaired) electrons. The Bertz CT molecular complexity index is 1470. The number of aromatic nitrogens is 4. The number of amides is 1. The summed E-state index contributed by atoms with van der Waals surface area (Å²) in [5.41, 5.74) is 2.99. The van der Waals surface area contributed by atoms with Crippen molar-refractivity contribution < 1.29 is 22.5 Å². The van der Waals surface area contributed by atoms with Crippen LogP contribution in [0.1, 0.15) is 39.0 Å². The van der Waals surface area contributed by atoms with Crippen LogP contribution >= 0.6 is 0 Å². The Kier molecular flexibility index (Phi) is 4.85. The summed E-state index contributed by atoms with van der Waals surface area (Å²) in [7, 11) is 0. The van der Waals surface area contributed by atoms with Gasteiger partial charge in [-0.3, -0.25) is 4.79 Å². The molecule has 2 N–H and O–H groups in total. The largest absolute Gasteiger partial charge is 0.449 e. The van der Waals surface area contributed by atoms with Gasteiger partial charge in [0.15, 0.2) is 0 Å². The Labute approximate surface area is 184 Å². The van der Waals surface area contributed by atoms with Crippen LogP contribution in [0.3, 0.4) is 0 Å². The number of pyridine rings is 1. The zero-order chi connectivity index (χ0) is 23.2. The van der Waals surface area contributed by atoms with Gasteiger partial charge in [-0.1, -0.05) is 41.6 Å². The van der Waals surface area contributed by atoms with Crippen LogP contribution in [0.4, 0.5) is 13.2 Å². The molecule has 0 aliphatic rings. The zero-order valence-corrected chi connectivity index (χ0v) is 17.1. The highest BCUT2D eigenvalue weighted by Gasteiger charge is 2.34. The Morgan fingerprint density at radius 1 is 1.09 bits per heavy atom. The van der Waals surface area contributed by atoms with E-state index in [1.54, 1.807) is 25.1 Å². The molecule has 0 aliphatic heterocycles. The minimum atomic E-state index is -4.59. The summed E-state index contributed by atoms with van der Waals surface area (Å²) in [4.78, 5) is 23.2. The maximum Gasteiger partial charge on any atom is 0.449 e. The molecule has 5 rings (SSSR count). The number of aromatic amines is 1. The van der Waals surface area contributed by atoms with Crippen molar-refractivity contribution in [2.75, 3.05) is 0 Å². The van der Waals surface area contributed by atoms with Gasteiger partial charge in [-0.2, -0.15) is 13.2 Å². The lowest BCUT2D eigenvalue weighted by Crippen LogP contribution is -2.29. The monoisotopic (exact) mass is 451 g/mol. The lowest BCUT2D eigenvalue weighted by molar-refractivity contribution is -0.144. The maximum atomic E-state index is 13.1. The van der Waals surface area contributed by atoms with E-state index in [9.17, 15) is 18.0 Å². The third-order valence-electron chi connectivity index (χ3n) is 5.29. The number of halogens is 3. The normalized spacial score (nSPS) is 12.8. The van der Waals surface area contributed by atoms with Gasteiger partial charge < -0.3 is 14.8 Å². The van der Waals surface area contributed by atoms with E-state index >= 15 is 0 Å². The van der Waals surface area contributed by atoms with Gasteiger partial charge in [-0.15, -0.1) is 0 Å². The molecule has 7 nitrogen and oxygen atoms in total. The van der Waals surface area contributed by atoms with Crippen LogP contribution in [0.15, 0.2) is 65.3 Å². The molecule has 0 aliphatic carbocycles. The van der Waals surface area contributed by atoms with Crippen LogP contribution in [0.5, 0.6) is 0 Å². The average molecular weight is 451 g/mol. The lowest BCUT2D eigenvalue weighted by Gasteiger charge is -2.20. The number of hydrogen-bond acceptors (Lipinski definition) is 5. The molecule has 1 unspecified atom stereocenters. The molecule has 0 fully saturated rings. The molecule has 166 valence electrons. The van der Waals surface area contributed by atoms with Crippen LogP contribution in [0, 0.1) is 6.92 Å². The molecule has 1 atom stereocenters. The van der Waals surface area contributed by atoms with Crippen molar-refractivity contribution in [1.82, 2.24) is 25.4 Å². The number of carbonyl (C=O) groups is 1. The smallest absolute Gasteiger partial charge is 0.341 e. The third-order valence-corrected chi connectivity index (χ3v) is 5.29. The summed E-state index contributed by atoms with van der Waals surface area (Å²) in [5.74, 6) is -1.47. The van der Waals surface area contributed by atoms with E-state index in [-0.39, 0.29) is 11.0 Å². The Morgan fingerprint density at radius 2 is 1.88 bits per heavy atom. The number of rotatable bonds is 4. The van der Waals surface area contributed by atoms with Crippen molar-refractivity contribution in [3.8, 4) is 0 Å². The van der Waals surface area contributed by atoms with Crippen LogP contribution in [-0.4, -0.2) is 26.0 Å². The first kappa shape index (κ1) is 20.7. The predicted octanol–water partition coefficient (Wildman–Crippen LogP) is 4.95. The summed E-state index contributed by atoms with van der Waals surface area (Å²) < 4.78 is 44.3. The highest BCUT2D eigenvalue weighted by Crippen LogP contribution is 2.31. The summed E-state index contributed by atoms with van der Waals surface area (Å²) in [5, 5.41) is 7.42. The van der Waals surface area contributed by atoms with E-state index in [4.69, 9.17) is 4.52 Å². The standard InChI is InChI=1S/C23H16F3N5O2/c1-12-16-9-15(11-27-21(16)33-31-12)20(32)30-19(13-5-3-2-4-6-13)14-7-8-17-18(10-14)29-22(28-17)23(24,25)26/h2-11,19H,1H3,(H,28,29)(H,30,32). The second-order valence-electron chi connectivity index (χ2n) is 7.52. The number of H-pyrrole nitrogens is 1. The highest BCUT2D eigenvalue weighted by atomic mass is 19.4. The first-order valence-corrected chi connectivity index (χ1v) is 9.94. The molecular weight excluding hydrogens is 435 g/mol. The predicted molar refractivity (Wildman–Crippen MR) is 113 cm³/mol. The first-order chi connectivity index (χ1) is 15.8. The Morgan fingerprint density at radius 3 is 2.64 bits per heavy atom. The fourth-order valence-electron chi connectivity index (χ4n) is 3.63. The van der Waals surface area contributed by atoms with Crippen molar-refractivity contribution >= 4 is 28.0 Å². The van der Waals surface area contributed by atoms with Crippen molar-refractivity contribution in [2.45, 2.75) is 19.1 Å². The molecule has 5 aromatic rings. The molecule has 3 heterocycles. The molecule has 2 aromatic carbocycles. The van der Waals surface area contributed by atoms with Gasteiger partial charge in [0.2, 0.25) is 5.82 Å². The number of imidazole rings is 1. The van der Waals surface area contributed by atoms with Gasteiger partial charge in [-0.25, -0.2) is 9.97 Å². The molecule has 3 aromatic heterocycles. The van der Waals surface area contributed by atoms with Gasteiger partial charge in [0.1, 0.15) is 0 Å². The fraction of sp³-hybridized carbons (Fsp3) is 0.130. The number of nitrogens with one attached hydrogen (secondary N) is 2. The van der Waals surface area contributed by atoms with E-state index < -0.39 is 23.9 Å². The average Bonchev–Trinajstić information content (AvgIpc) is 3.41. The van der Waals surface area contributed by atoms with Crippen LogP contribution in [-0.2, 0) is 6.18 Å². The highest BCUT2D eigenvalue weighted by molar-refractivity contribution is 5.97. The summed E-state index contributed by atoms with van der Waals surface area (Å²) in [6.07, 6.45) is -3.20. The van der Waals surface area contributed by atoms with E-state index in [1.165, 1.54) is 12.3 Å². The topological polar surface area (TPSA) is 96.7 Å². The van der Waals surface area contributed by atoms with Gasteiger partial charge >= 0.3 is 6.18 Å². The SMILES string of the molecule is Cc1noc2ncc(C(=O)NC(c3ccccc3)c3ccc4nc(C(F)(F)F)[nH]c4c3)cc12. The number of benzene rings is 2. The number of nitrogens with zero attached hydrogens (tertiary/aromatic N) is 3. The second kappa shape index (κ2) is 7.73. The molecule has 10 heteroatoms. The van der Waals surface area contributed by atoms with Crippen molar-refractivity contribution in [3.05, 3.63) is 89.0 Å². The number of fused-ring (bicyclic) bond motifs is 2. The summed E-state index contributed by atoms with van der Waals surface area (Å²) in [6.45, 7) is 1.75. The fourth-order valence-corrected chi connectivity index (χ4v) is 3.63. The molecule has 1 amide bonds. The molecule has 0 spiro atoms. The number of alkyl halides is 3. The Hall–Kier alpha value is -4.21. The third kappa shape index (κ3) is 3.91. The minimum Gasteiger partial charge on any atom is -0.341 e. The van der Waals surface area contributed by atoms with E-state index in [0.29, 0.717) is 27.9 Å². The van der Waals surface area contributed by atoms with Gasteiger partial charge in [-0.05, 0) is 36.2 Å². The van der Waals surface area contributed by atoms with Crippen molar-refractivity contribution in [2.24, 2.45) is 0 Å². The minimum absolute atomic E-state index is 0.182. The maximum absolute atomic E-state index is 13.1. The Balaban J connectivity index is 1.53. The van der Waals surface area contributed by atoms with Gasteiger partial charge in [0.05, 0.1) is 33.7 Å². The molecule has 0 saturated carbocycles. The van der Waals surface area contributed by atoms with Crippen molar-refractivity contribution in [3.63, 3.8) is 0 Å².